The standard InChI is InChI=1S/C16H19N3O3/c1-10-5-11(2)7-13(6-10)16(21)19(4)9-15(20)17-14-8-12(3)22-18-14/h5-8H,9H2,1-4H3,(H,17,18,20). The van der Waals surface area contributed by atoms with E-state index in [9.17, 15) is 9.59 Å². The Kier molecular flexibility index (Phi) is 4.60. The summed E-state index contributed by atoms with van der Waals surface area (Å²) >= 11 is 0. The summed E-state index contributed by atoms with van der Waals surface area (Å²) in [4.78, 5) is 25.6. The van der Waals surface area contributed by atoms with E-state index in [1.165, 1.54) is 4.90 Å². The largest absolute Gasteiger partial charge is 0.360 e. The fourth-order valence-electron chi connectivity index (χ4n) is 2.21. The molecule has 1 N–H and O–H groups in total. The van der Waals surface area contributed by atoms with Crippen molar-refractivity contribution < 1.29 is 14.1 Å². The van der Waals surface area contributed by atoms with Crippen LogP contribution in [-0.2, 0) is 4.79 Å². The lowest BCUT2D eigenvalue weighted by Gasteiger charge is -2.17. The number of hydrogen-bond acceptors (Lipinski definition) is 4. The quantitative estimate of drug-likeness (QED) is 0.940. The maximum Gasteiger partial charge on any atom is 0.254 e. The number of anilines is 1. The molecule has 0 radical (unpaired) electrons. The van der Waals surface area contributed by atoms with E-state index >= 15 is 0 Å². The number of rotatable bonds is 4. The maximum atomic E-state index is 12.4. The van der Waals surface area contributed by atoms with E-state index in [2.05, 4.69) is 10.5 Å². The van der Waals surface area contributed by atoms with Crippen molar-refractivity contribution in [2.45, 2.75) is 20.8 Å². The highest BCUT2D eigenvalue weighted by molar-refractivity contribution is 5.99. The molecule has 0 saturated heterocycles. The van der Waals surface area contributed by atoms with E-state index in [1.807, 2.05) is 32.0 Å². The van der Waals surface area contributed by atoms with E-state index in [4.69, 9.17) is 4.52 Å². The molecule has 2 rings (SSSR count). The maximum absolute atomic E-state index is 12.4. The van der Waals surface area contributed by atoms with E-state index in [0.29, 0.717) is 17.1 Å². The van der Waals surface area contributed by atoms with E-state index < -0.39 is 0 Å². The molecule has 6 heteroatoms. The van der Waals surface area contributed by atoms with Crippen molar-refractivity contribution in [1.29, 1.82) is 0 Å². The van der Waals surface area contributed by atoms with Crippen molar-refractivity contribution >= 4 is 17.6 Å². The van der Waals surface area contributed by atoms with Crippen molar-refractivity contribution in [3.8, 4) is 0 Å². The van der Waals surface area contributed by atoms with Gasteiger partial charge in [-0.1, -0.05) is 22.3 Å². The van der Waals surface area contributed by atoms with Gasteiger partial charge in [0.25, 0.3) is 5.91 Å². The Morgan fingerprint density at radius 2 is 1.77 bits per heavy atom. The van der Waals surface area contributed by atoms with E-state index in [1.54, 1.807) is 20.0 Å². The molecule has 22 heavy (non-hydrogen) atoms. The summed E-state index contributed by atoms with van der Waals surface area (Å²) in [6.45, 7) is 5.54. The zero-order chi connectivity index (χ0) is 16.3. The summed E-state index contributed by atoms with van der Waals surface area (Å²) in [6, 6.07) is 7.23. The third kappa shape index (κ3) is 3.94. The average molecular weight is 301 g/mol. The molecule has 1 aromatic heterocycles. The van der Waals surface area contributed by atoms with Gasteiger partial charge in [0.2, 0.25) is 5.91 Å². The van der Waals surface area contributed by atoms with Gasteiger partial charge in [0, 0.05) is 18.7 Å². The van der Waals surface area contributed by atoms with Crippen molar-refractivity contribution in [3.05, 3.63) is 46.7 Å². The van der Waals surface area contributed by atoms with Crippen LogP contribution in [0.1, 0.15) is 27.2 Å². The molecule has 0 aliphatic carbocycles. The second-order valence-corrected chi connectivity index (χ2v) is 5.41. The van der Waals surface area contributed by atoms with Gasteiger partial charge in [-0.15, -0.1) is 0 Å². The molecular formula is C16H19N3O3. The second-order valence-electron chi connectivity index (χ2n) is 5.41. The molecule has 0 fully saturated rings. The molecule has 0 aliphatic rings. The van der Waals surface area contributed by atoms with Crippen LogP contribution in [0, 0.1) is 20.8 Å². The van der Waals surface area contributed by atoms with E-state index in [-0.39, 0.29) is 18.4 Å². The van der Waals surface area contributed by atoms with Crippen molar-refractivity contribution in [2.75, 3.05) is 18.9 Å². The highest BCUT2D eigenvalue weighted by atomic mass is 16.5. The average Bonchev–Trinajstić information content (AvgIpc) is 2.81. The topological polar surface area (TPSA) is 75.4 Å². The molecule has 0 atom stereocenters. The van der Waals surface area contributed by atoms with Crippen LogP contribution in [0.5, 0.6) is 0 Å². The summed E-state index contributed by atoms with van der Waals surface area (Å²) < 4.78 is 4.87. The minimum atomic E-state index is -0.325. The number of likely N-dealkylation sites (N-methyl/N-ethyl adjacent to an activating group) is 1. The fraction of sp³-hybridized carbons (Fsp3) is 0.312. The number of carbonyl (C=O) groups excluding carboxylic acids is 2. The van der Waals surface area contributed by atoms with Crippen molar-refractivity contribution in [1.82, 2.24) is 10.1 Å². The molecule has 2 aromatic rings. The van der Waals surface area contributed by atoms with Crippen LogP contribution in [0.2, 0.25) is 0 Å². The van der Waals surface area contributed by atoms with Crippen LogP contribution in [-0.4, -0.2) is 35.5 Å². The highest BCUT2D eigenvalue weighted by Crippen LogP contribution is 2.11. The lowest BCUT2D eigenvalue weighted by Crippen LogP contribution is -2.35. The molecular weight excluding hydrogens is 282 g/mol. The molecule has 0 aliphatic heterocycles. The van der Waals surface area contributed by atoms with Crippen molar-refractivity contribution in [3.63, 3.8) is 0 Å². The van der Waals surface area contributed by atoms with Gasteiger partial charge in [0.05, 0.1) is 6.54 Å². The van der Waals surface area contributed by atoms with Gasteiger partial charge >= 0.3 is 0 Å². The monoisotopic (exact) mass is 301 g/mol. The Balaban J connectivity index is 2.00. The number of amides is 2. The number of aromatic nitrogens is 1. The Hall–Kier alpha value is -2.63. The third-order valence-corrected chi connectivity index (χ3v) is 3.09. The molecule has 0 bridgehead atoms. The van der Waals surface area contributed by atoms with Gasteiger partial charge < -0.3 is 14.7 Å². The normalized spacial score (nSPS) is 10.4. The summed E-state index contributed by atoms with van der Waals surface area (Å²) in [7, 11) is 1.59. The molecule has 2 amide bonds. The summed E-state index contributed by atoms with van der Waals surface area (Å²) in [5.74, 6) is 0.427. The Morgan fingerprint density at radius 3 is 2.32 bits per heavy atom. The van der Waals surface area contributed by atoms with Crippen LogP contribution < -0.4 is 5.32 Å². The molecule has 6 nitrogen and oxygen atoms in total. The third-order valence-electron chi connectivity index (χ3n) is 3.09. The lowest BCUT2D eigenvalue weighted by molar-refractivity contribution is -0.116. The lowest BCUT2D eigenvalue weighted by atomic mass is 10.1. The zero-order valence-electron chi connectivity index (χ0n) is 13.1. The fourth-order valence-corrected chi connectivity index (χ4v) is 2.21. The number of nitrogens with zero attached hydrogens (tertiary/aromatic N) is 2. The van der Waals surface area contributed by atoms with Crippen LogP contribution in [0.4, 0.5) is 5.82 Å². The zero-order valence-corrected chi connectivity index (χ0v) is 13.1. The predicted octanol–water partition coefficient (Wildman–Crippen LogP) is 2.31. The highest BCUT2D eigenvalue weighted by Gasteiger charge is 2.16. The predicted molar refractivity (Wildman–Crippen MR) is 82.7 cm³/mol. The summed E-state index contributed by atoms with van der Waals surface area (Å²) in [6.07, 6.45) is 0. The minimum Gasteiger partial charge on any atom is -0.360 e. The van der Waals surface area contributed by atoms with Gasteiger partial charge in [0.1, 0.15) is 5.76 Å². The van der Waals surface area contributed by atoms with Crippen LogP contribution in [0.15, 0.2) is 28.8 Å². The van der Waals surface area contributed by atoms with E-state index in [0.717, 1.165) is 11.1 Å². The van der Waals surface area contributed by atoms with Gasteiger partial charge in [0.15, 0.2) is 5.82 Å². The van der Waals surface area contributed by atoms with Gasteiger partial charge in [-0.05, 0) is 32.9 Å². The first-order chi connectivity index (χ1) is 10.3. The first-order valence-electron chi connectivity index (χ1n) is 6.92. The Morgan fingerprint density at radius 1 is 1.14 bits per heavy atom. The summed E-state index contributed by atoms with van der Waals surface area (Å²) in [5, 5.41) is 6.26. The first-order valence-corrected chi connectivity index (χ1v) is 6.92. The van der Waals surface area contributed by atoms with Crippen LogP contribution >= 0.6 is 0 Å². The molecule has 1 heterocycles. The second kappa shape index (κ2) is 6.43. The minimum absolute atomic E-state index is 0.0578. The Labute approximate surface area is 129 Å². The smallest absolute Gasteiger partial charge is 0.254 e. The molecule has 0 unspecified atom stereocenters. The molecule has 1 aromatic carbocycles. The van der Waals surface area contributed by atoms with Crippen LogP contribution in [0.25, 0.3) is 0 Å². The number of carbonyl (C=O) groups is 2. The number of hydrogen-bond donors (Lipinski definition) is 1. The first kappa shape index (κ1) is 15.8. The van der Waals surface area contributed by atoms with Gasteiger partial charge in [-0.25, -0.2) is 0 Å². The van der Waals surface area contributed by atoms with Crippen LogP contribution in [0.3, 0.4) is 0 Å². The number of benzene rings is 1. The van der Waals surface area contributed by atoms with Gasteiger partial charge in [-0.3, -0.25) is 9.59 Å². The van der Waals surface area contributed by atoms with Gasteiger partial charge in [-0.2, -0.15) is 0 Å². The summed E-state index contributed by atoms with van der Waals surface area (Å²) in [5.41, 5.74) is 2.60. The van der Waals surface area contributed by atoms with Crippen molar-refractivity contribution in [2.24, 2.45) is 0 Å². The SMILES string of the molecule is Cc1cc(C)cc(C(=O)N(C)CC(=O)Nc2cc(C)on2)c1. The number of aryl methyl sites for hydroxylation is 3. The number of nitrogens with one attached hydrogen (secondary N) is 1. The molecule has 116 valence electrons. The molecule has 0 spiro atoms. The molecule has 0 saturated carbocycles. The Bertz CT molecular complexity index is 686.